The van der Waals surface area contributed by atoms with E-state index < -0.39 is 54.0 Å². The van der Waals surface area contributed by atoms with Crippen molar-refractivity contribution in [3.05, 3.63) is 53.1 Å². The average molecular weight is 455 g/mol. The molecule has 0 spiro atoms. The maximum Gasteiger partial charge on any atom is 0.418 e. The molecular weight excluding hydrogens is 443 g/mol. The summed E-state index contributed by atoms with van der Waals surface area (Å²) in [5, 5.41) is 8.67. The molecule has 1 amide bonds. The molecule has 1 atom stereocenters. The smallest absolute Gasteiger partial charge is 0.418 e. The molecule has 2 aromatic carbocycles. The van der Waals surface area contributed by atoms with Gasteiger partial charge in [0.2, 0.25) is 0 Å². The van der Waals surface area contributed by atoms with Crippen molar-refractivity contribution in [1.82, 2.24) is 0 Å². The monoisotopic (exact) mass is 455 g/mol. The lowest BCUT2D eigenvalue weighted by molar-refractivity contribution is -0.143. The number of nitrogens with one attached hydrogen (secondary N) is 2. The Morgan fingerprint density at radius 3 is 2.07 bits per heavy atom. The first kappa shape index (κ1) is 23.2. The minimum Gasteiger partial charge on any atom is -0.420 e. The van der Waals surface area contributed by atoms with E-state index in [9.17, 15) is 40.6 Å². The Hall–Kier alpha value is -3.05. The van der Waals surface area contributed by atoms with Gasteiger partial charge in [0.1, 0.15) is 11.7 Å². The largest absolute Gasteiger partial charge is 0.420 e. The zero-order valence-electron chi connectivity index (χ0n) is 14.5. The Kier molecular flexibility index (Phi) is 6.19. The average Bonchev–Trinajstić information content (AvgIpc) is 2.61. The van der Waals surface area contributed by atoms with E-state index >= 15 is 0 Å². The molecule has 0 aliphatic rings. The topological polar surface area (TPSA) is 126 Å². The number of hydrogen-bond donors (Lipinski definition) is 4. The second-order valence-corrected chi connectivity index (χ2v) is 7.36. The molecule has 0 saturated carbocycles. The number of rotatable bonds is 5. The van der Waals surface area contributed by atoms with Crippen molar-refractivity contribution in [3.63, 3.8) is 0 Å². The number of nitrogen functional groups attached to an aromatic ring is 1. The molecule has 2 rings (SSSR count). The first-order valence-electron chi connectivity index (χ1n) is 7.66. The van der Waals surface area contributed by atoms with E-state index in [2.05, 4.69) is 4.52 Å². The maximum absolute atomic E-state index is 12.9. The summed E-state index contributed by atoms with van der Waals surface area (Å²) in [7, 11) is -4.60. The van der Waals surface area contributed by atoms with Crippen molar-refractivity contribution in [1.29, 1.82) is 5.41 Å². The first-order valence-corrected chi connectivity index (χ1v) is 9.31. The maximum atomic E-state index is 12.9. The lowest BCUT2D eigenvalue weighted by Gasteiger charge is -2.16. The van der Waals surface area contributed by atoms with Crippen LogP contribution in [-0.4, -0.2) is 16.8 Å². The molecule has 0 aliphatic carbocycles. The van der Waals surface area contributed by atoms with Crippen LogP contribution in [0, 0.1) is 5.41 Å². The highest BCUT2D eigenvalue weighted by molar-refractivity contribution is 7.68. The van der Waals surface area contributed by atoms with Crippen LogP contribution in [0.4, 0.5) is 37.7 Å². The van der Waals surface area contributed by atoms with Crippen molar-refractivity contribution >= 4 is 30.8 Å². The predicted molar refractivity (Wildman–Crippen MR) is 94.5 cm³/mol. The zero-order chi connectivity index (χ0) is 22.9. The van der Waals surface area contributed by atoms with Gasteiger partial charge in [0.15, 0.2) is 0 Å². The van der Waals surface area contributed by atoms with E-state index in [-0.39, 0.29) is 29.8 Å². The van der Waals surface area contributed by atoms with Crippen molar-refractivity contribution in [3.8, 4) is 5.75 Å². The van der Waals surface area contributed by atoms with E-state index in [0.29, 0.717) is 0 Å². The van der Waals surface area contributed by atoms with E-state index in [1.807, 2.05) is 5.32 Å². The van der Waals surface area contributed by atoms with Gasteiger partial charge < -0.3 is 20.5 Å². The fourth-order valence-electron chi connectivity index (χ4n) is 2.20. The normalized spacial score (nSPS) is 14.0. The highest BCUT2D eigenvalue weighted by Gasteiger charge is 2.37. The van der Waals surface area contributed by atoms with Gasteiger partial charge in [-0.2, -0.15) is 26.3 Å². The van der Waals surface area contributed by atoms with Crippen LogP contribution in [0.3, 0.4) is 0 Å². The van der Waals surface area contributed by atoms with Crippen molar-refractivity contribution in [2.75, 3.05) is 11.1 Å². The number of halogens is 6. The zero-order valence-corrected chi connectivity index (χ0v) is 15.4. The van der Waals surface area contributed by atoms with Crippen LogP contribution in [0.2, 0.25) is 0 Å². The Morgan fingerprint density at radius 2 is 1.60 bits per heavy atom. The van der Waals surface area contributed by atoms with Gasteiger partial charge >= 0.3 is 19.9 Å². The molecule has 0 aliphatic heterocycles. The van der Waals surface area contributed by atoms with Crippen LogP contribution < -0.4 is 15.6 Å². The van der Waals surface area contributed by atoms with Gasteiger partial charge in [-0.3, -0.25) is 10.2 Å². The minimum absolute atomic E-state index is 0.0600. The highest BCUT2D eigenvalue weighted by atomic mass is 31.2. The number of carbonyl (C=O) groups is 1. The summed E-state index contributed by atoms with van der Waals surface area (Å²) < 4.78 is 93.9. The molecule has 0 radical (unpaired) electrons. The summed E-state index contributed by atoms with van der Waals surface area (Å²) >= 11 is 0. The van der Waals surface area contributed by atoms with Gasteiger partial charge in [-0.05, 0) is 36.4 Å². The third-order valence-corrected chi connectivity index (χ3v) is 4.27. The first-order chi connectivity index (χ1) is 13.6. The molecule has 5 N–H and O–H groups in total. The van der Waals surface area contributed by atoms with Gasteiger partial charge in [0, 0.05) is 11.4 Å². The molecule has 0 heterocycles. The molecule has 0 aromatic heterocycles. The Bertz CT molecular complexity index is 1010. The van der Waals surface area contributed by atoms with Crippen LogP contribution in [0.25, 0.3) is 0 Å². The van der Waals surface area contributed by atoms with Gasteiger partial charge in [0.25, 0.3) is 5.91 Å². The molecule has 30 heavy (non-hydrogen) atoms. The highest BCUT2D eigenvalue weighted by Crippen LogP contribution is 2.41. The van der Waals surface area contributed by atoms with Gasteiger partial charge in [0.05, 0.1) is 16.7 Å². The van der Waals surface area contributed by atoms with E-state index in [1.54, 1.807) is 0 Å². The van der Waals surface area contributed by atoms with E-state index in [0.717, 1.165) is 18.2 Å². The Balaban J connectivity index is 2.49. The summed E-state index contributed by atoms with van der Waals surface area (Å²) in [5.41, 5.74) is 0.746. The summed E-state index contributed by atoms with van der Waals surface area (Å²) in [5.74, 6) is -1.78. The molecule has 162 valence electrons. The number of anilines is 2. The molecule has 1 unspecified atom stereocenters. The predicted octanol–water partition coefficient (Wildman–Crippen LogP) is 4.73. The second-order valence-electron chi connectivity index (χ2n) is 5.79. The van der Waals surface area contributed by atoms with E-state index in [1.165, 1.54) is 0 Å². The second kappa shape index (κ2) is 8.00. The molecule has 0 bridgehead atoms. The molecule has 2 aromatic rings. The van der Waals surface area contributed by atoms with Gasteiger partial charge in [-0.15, -0.1) is 0 Å². The van der Waals surface area contributed by atoms with Gasteiger partial charge in [-0.1, -0.05) is 0 Å². The summed E-state index contributed by atoms with van der Waals surface area (Å²) in [6, 6.07) is 3.51. The van der Waals surface area contributed by atoms with E-state index in [4.69, 9.17) is 11.1 Å². The number of carbonyl (C=O) groups excluding carboxylic acids is 1. The standard InChI is InChI=1S/C16H12F6N3O4P/c17-15(18,19)8-3-9(16(20,21)22)5-11(4-8)25-14(26)12-6-10(24)1-2-13(12)29-30(27,28)7-23/h1-7,23H,24H2,(H,25,26)(H,27,28). The third kappa shape index (κ3) is 5.74. The fraction of sp³-hybridized carbons (Fsp3) is 0.125. The van der Waals surface area contributed by atoms with Crippen LogP contribution in [0.15, 0.2) is 36.4 Å². The van der Waals surface area contributed by atoms with Crippen LogP contribution in [0.1, 0.15) is 21.5 Å². The van der Waals surface area contributed by atoms with Gasteiger partial charge in [-0.25, -0.2) is 4.57 Å². The molecule has 7 nitrogen and oxygen atoms in total. The summed E-state index contributed by atoms with van der Waals surface area (Å²) in [4.78, 5) is 21.8. The summed E-state index contributed by atoms with van der Waals surface area (Å²) in [6.07, 6.45) is -10.3. The van der Waals surface area contributed by atoms with Crippen molar-refractivity contribution in [2.24, 2.45) is 0 Å². The number of benzene rings is 2. The van der Waals surface area contributed by atoms with Crippen molar-refractivity contribution < 1.29 is 45.1 Å². The SMILES string of the molecule is N=CP(=O)(O)Oc1ccc(N)cc1C(=O)Nc1cc(C(F)(F)F)cc(C(F)(F)F)c1. The fourth-order valence-corrected chi connectivity index (χ4v) is 2.69. The Morgan fingerprint density at radius 1 is 1.07 bits per heavy atom. The lowest BCUT2D eigenvalue weighted by atomic mass is 10.1. The number of alkyl halides is 6. The Labute approximate surface area is 164 Å². The van der Waals surface area contributed by atoms with Crippen molar-refractivity contribution in [2.45, 2.75) is 12.4 Å². The van der Waals surface area contributed by atoms with Crippen LogP contribution in [-0.2, 0) is 16.9 Å². The third-order valence-electron chi connectivity index (χ3n) is 3.49. The number of nitrogens with two attached hydrogens (primary N) is 1. The minimum atomic E-state index is -5.13. The molecule has 14 heteroatoms. The number of amides is 1. The summed E-state index contributed by atoms with van der Waals surface area (Å²) in [6.45, 7) is 0. The molecular formula is C16H12F6N3O4P. The molecule has 0 saturated heterocycles. The lowest BCUT2D eigenvalue weighted by Crippen LogP contribution is -2.17. The quantitative estimate of drug-likeness (QED) is 0.225. The van der Waals surface area contributed by atoms with Crippen LogP contribution in [0.5, 0.6) is 5.75 Å². The van der Waals surface area contributed by atoms with Crippen LogP contribution >= 0.6 is 7.60 Å². The number of hydrogen-bond acceptors (Lipinski definition) is 5. The molecule has 0 fully saturated rings.